The van der Waals surface area contributed by atoms with Gasteiger partial charge in [-0.15, -0.1) is 11.6 Å². The van der Waals surface area contributed by atoms with Crippen LogP contribution < -0.4 is 0 Å². The Hall–Kier alpha value is -0.840. The molecule has 4 nitrogen and oxygen atoms in total. The minimum absolute atomic E-state index is 0.0108. The molecule has 13 heavy (non-hydrogen) atoms. The Balaban J connectivity index is 2.87. The number of alkyl halides is 1. The molecule has 1 rings (SSSR count). The Morgan fingerprint density at radius 1 is 1.62 bits per heavy atom. The molecule has 5 heteroatoms. The summed E-state index contributed by atoms with van der Waals surface area (Å²) in [6, 6.07) is 1.42. The van der Waals surface area contributed by atoms with Gasteiger partial charge in [-0.2, -0.15) is 0 Å². The van der Waals surface area contributed by atoms with Crippen molar-refractivity contribution in [1.82, 2.24) is 0 Å². The summed E-state index contributed by atoms with van der Waals surface area (Å²) < 4.78 is 4.75. The van der Waals surface area contributed by atoms with Crippen molar-refractivity contribution in [3.63, 3.8) is 0 Å². The van der Waals surface area contributed by atoms with Gasteiger partial charge in [0, 0.05) is 5.56 Å². The largest absolute Gasteiger partial charge is 0.461 e. The van der Waals surface area contributed by atoms with E-state index in [0.717, 1.165) is 0 Å². The number of carbonyl (C=O) groups is 1. The Bertz CT molecular complexity index is 283. The first-order valence-electron chi connectivity index (χ1n) is 3.65. The number of furan rings is 1. The third kappa shape index (κ3) is 2.09. The van der Waals surface area contributed by atoms with Crippen LogP contribution in [0.15, 0.2) is 16.7 Å². The standard InChI is InChI=1S/C8H9ClO4/c9-3-6(11)8(12)5-1-2-13-7(5)4-10/h1-2,4,6,8,11-12H,3H2. The summed E-state index contributed by atoms with van der Waals surface area (Å²) in [4.78, 5) is 10.4. The second-order valence-corrected chi connectivity index (χ2v) is 2.83. The van der Waals surface area contributed by atoms with E-state index in [2.05, 4.69) is 0 Å². The molecule has 0 amide bonds. The van der Waals surface area contributed by atoms with Gasteiger partial charge in [-0.3, -0.25) is 4.79 Å². The molecule has 0 saturated carbocycles. The fraction of sp³-hybridized carbons (Fsp3) is 0.375. The summed E-state index contributed by atoms with van der Waals surface area (Å²) in [6.45, 7) is 0. The highest BCUT2D eigenvalue weighted by Gasteiger charge is 2.21. The van der Waals surface area contributed by atoms with Crippen molar-refractivity contribution in [2.45, 2.75) is 12.2 Å². The van der Waals surface area contributed by atoms with Crippen LogP contribution in [0.1, 0.15) is 22.2 Å². The van der Waals surface area contributed by atoms with E-state index in [-0.39, 0.29) is 17.2 Å². The molecule has 0 aliphatic rings. The van der Waals surface area contributed by atoms with E-state index in [1.165, 1.54) is 12.3 Å². The number of aliphatic hydroxyl groups is 2. The normalized spacial score (nSPS) is 15.3. The van der Waals surface area contributed by atoms with Crippen molar-refractivity contribution >= 4 is 17.9 Å². The quantitative estimate of drug-likeness (QED) is 0.560. The third-order valence-corrected chi connectivity index (χ3v) is 1.99. The molecule has 2 N–H and O–H groups in total. The molecule has 0 saturated heterocycles. The van der Waals surface area contributed by atoms with Crippen LogP contribution in [0.3, 0.4) is 0 Å². The molecule has 0 aromatic carbocycles. The molecule has 0 fully saturated rings. The summed E-state index contributed by atoms with van der Waals surface area (Å²) in [6.07, 6.45) is -0.544. The molecule has 2 atom stereocenters. The van der Waals surface area contributed by atoms with Crippen molar-refractivity contribution < 1.29 is 19.4 Å². The Morgan fingerprint density at radius 2 is 2.31 bits per heavy atom. The lowest BCUT2D eigenvalue weighted by molar-refractivity contribution is 0.0318. The van der Waals surface area contributed by atoms with E-state index in [9.17, 15) is 15.0 Å². The van der Waals surface area contributed by atoms with Crippen LogP contribution in [-0.2, 0) is 0 Å². The second kappa shape index (κ2) is 4.41. The molecule has 0 spiro atoms. The Morgan fingerprint density at radius 3 is 2.85 bits per heavy atom. The van der Waals surface area contributed by atoms with E-state index in [1.54, 1.807) is 0 Å². The van der Waals surface area contributed by atoms with Crippen LogP contribution in [0, 0.1) is 0 Å². The first-order valence-corrected chi connectivity index (χ1v) is 4.18. The van der Waals surface area contributed by atoms with Gasteiger partial charge in [0.15, 0.2) is 12.0 Å². The average Bonchev–Trinajstić information content (AvgIpc) is 2.62. The van der Waals surface area contributed by atoms with Crippen LogP contribution in [0.5, 0.6) is 0 Å². The number of hydrogen-bond acceptors (Lipinski definition) is 4. The van der Waals surface area contributed by atoms with E-state index in [0.29, 0.717) is 6.29 Å². The first-order chi connectivity index (χ1) is 6.20. The highest BCUT2D eigenvalue weighted by atomic mass is 35.5. The van der Waals surface area contributed by atoms with Crippen LogP contribution in [0.25, 0.3) is 0 Å². The molecule has 72 valence electrons. The molecule has 2 unspecified atom stereocenters. The lowest BCUT2D eigenvalue weighted by Crippen LogP contribution is -2.20. The summed E-state index contributed by atoms with van der Waals surface area (Å²) in [7, 11) is 0. The number of hydrogen-bond donors (Lipinski definition) is 2. The number of aldehydes is 1. The van der Waals surface area contributed by atoms with Crippen molar-refractivity contribution in [2.24, 2.45) is 0 Å². The van der Waals surface area contributed by atoms with E-state index >= 15 is 0 Å². The van der Waals surface area contributed by atoms with Gasteiger partial charge in [0.2, 0.25) is 0 Å². The van der Waals surface area contributed by atoms with Crippen molar-refractivity contribution in [2.75, 3.05) is 5.88 Å². The molecule has 1 aromatic rings. The van der Waals surface area contributed by atoms with Gasteiger partial charge in [-0.05, 0) is 6.07 Å². The lowest BCUT2D eigenvalue weighted by atomic mass is 10.1. The third-order valence-electron chi connectivity index (χ3n) is 1.68. The van der Waals surface area contributed by atoms with Gasteiger partial charge < -0.3 is 14.6 Å². The predicted octanol–water partition coefficient (Wildman–Crippen LogP) is 0.725. The predicted molar refractivity (Wildman–Crippen MR) is 45.8 cm³/mol. The zero-order valence-electron chi connectivity index (χ0n) is 6.68. The summed E-state index contributed by atoms with van der Waals surface area (Å²) in [5.41, 5.74) is 0.253. The van der Waals surface area contributed by atoms with Crippen LogP contribution in [-0.4, -0.2) is 28.5 Å². The Kier molecular flexibility index (Phi) is 3.48. The van der Waals surface area contributed by atoms with E-state index in [4.69, 9.17) is 16.0 Å². The van der Waals surface area contributed by atoms with Gasteiger partial charge in [0.05, 0.1) is 18.2 Å². The lowest BCUT2D eigenvalue weighted by Gasteiger charge is -2.13. The fourth-order valence-corrected chi connectivity index (χ4v) is 1.13. The average molecular weight is 205 g/mol. The smallest absolute Gasteiger partial charge is 0.185 e. The molecule has 0 bridgehead atoms. The monoisotopic (exact) mass is 204 g/mol. The molecule has 1 heterocycles. The first kappa shape index (κ1) is 10.2. The number of carbonyl (C=O) groups excluding carboxylic acids is 1. The number of aliphatic hydroxyl groups excluding tert-OH is 2. The second-order valence-electron chi connectivity index (χ2n) is 2.52. The molecular formula is C8H9ClO4. The van der Waals surface area contributed by atoms with Crippen LogP contribution in [0.4, 0.5) is 0 Å². The van der Waals surface area contributed by atoms with E-state index < -0.39 is 12.2 Å². The molecule has 0 aliphatic heterocycles. The Labute approximate surface area is 79.7 Å². The fourth-order valence-electron chi connectivity index (χ4n) is 0.963. The molecule has 0 radical (unpaired) electrons. The van der Waals surface area contributed by atoms with E-state index in [1.807, 2.05) is 0 Å². The van der Waals surface area contributed by atoms with Crippen LogP contribution >= 0.6 is 11.6 Å². The van der Waals surface area contributed by atoms with Crippen LogP contribution in [0.2, 0.25) is 0 Å². The van der Waals surface area contributed by atoms with Gasteiger partial charge in [0.25, 0.3) is 0 Å². The maximum atomic E-state index is 10.4. The maximum absolute atomic E-state index is 10.4. The SMILES string of the molecule is O=Cc1occc1C(O)C(O)CCl. The van der Waals surface area contributed by atoms with Gasteiger partial charge in [-0.1, -0.05) is 0 Å². The summed E-state index contributed by atoms with van der Waals surface area (Å²) >= 11 is 5.33. The van der Waals surface area contributed by atoms with Crippen molar-refractivity contribution in [3.05, 3.63) is 23.7 Å². The zero-order valence-corrected chi connectivity index (χ0v) is 7.44. The highest BCUT2D eigenvalue weighted by molar-refractivity contribution is 6.18. The number of rotatable bonds is 4. The zero-order chi connectivity index (χ0) is 9.84. The highest BCUT2D eigenvalue weighted by Crippen LogP contribution is 2.21. The topological polar surface area (TPSA) is 70.7 Å². The van der Waals surface area contributed by atoms with Gasteiger partial charge >= 0.3 is 0 Å². The minimum Gasteiger partial charge on any atom is -0.461 e. The molecule has 0 aliphatic carbocycles. The molecule has 1 aromatic heterocycles. The maximum Gasteiger partial charge on any atom is 0.185 e. The van der Waals surface area contributed by atoms with Crippen molar-refractivity contribution in [1.29, 1.82) is 0 Å². The van der Waals surface area contributed by atoms with Crippen molar-refractivity contribution in [3.8, 4) is 0 Å². The van der Waals surface area contributed by atoms with Gasteiger partial charge in [0.1, 0.15) is 6.10 Å². The number of halogens is 1. The summed E-state index contributed by atoms with van der Waals surface area (Å²) in [5, 5.41) is 18.6. The van der Waals surface area contributed by atoms with Gasteiger partial charge in [-0.25, -0.2) is 0 Å². The minimum atomic E-state index is -1.18. The summed E-state index contributed by atoms with van der Waals surface area (Å²) in [5.74, 6) is -0.0957. The molecular weight excluding hydrogens is 196 g/mol.